The predicted molar refractivity (Wildman–Crippen MR) is 45.3 cm³/mol. The molecule has 2 aliphatic rings. The molecule has 62 valence electrons. The minimum absolute atomic E-state index is 0.328. The SMILES string of the molecule is CC1CCC2C(=C1O)C2(C)C. The molecule has 0 bridgehead atoms. The second-order valence-electron chi connectivity index (χ2n) is 4.55. The van der Waals surface area contributed by atoms with E-state index in [9.17, 15) is 5.11 Å². The summed E-state index contributed by atoms with van der Waals surface area (Å²) in [5.41, 5.74) is 1.67. The summed E-state index contributed by atoms with van der Waals surface area (Å²) in [4.78, 5) is 0. The second-order valence-corrected chi connectivity index (χ2v) is 4.55. The van der Waals surface area contributed by atoms with Crippen LogP contribution in [0.2, 0.25) is 0 Å². The summed E-state index contributed by atoms with van der Waals surface area (Å²) >= 11 is 0. The van der Waals surface area contributed by atoms with Gasteiger partial charge < -0.3 is 5.11 Å². The average Bonchev–Trinajstić information content (AvgIpc) is 2.46. The van der Waals surface area contributed by atoms with Crippen LogP contribution in [0.1, 0.15) is 33.6 Å². The van der Waals surface area contributed by atoms with Gasteiger partial charge in [0.25, 0.3) is 0 Å². The Morgan fingerprint density at radius 3 is 2.55 bits per heavy atom. The van der Waals surface area contributed by atoms with Gasteiger partial charge in [-0.1, -0.05) is 20.8 Å². The van der Waals surface area contributed by atoms with E-state index in [1.807, 2.05) is 0 Å². The maximum absolute atomic E-state index is 9.70. The molecule has 0 aromatic heterocycles. The van der Waals surface area contributed by atoms with E-state index in [1.165, 1.54) is 18.4 Å². The number of hydrogen-bond acceptors (Lipinski definition) is 1. The molecule has 1 nitrogen and oxygen atoms in total. The molecule has 0 saturated heterocycles. The molecule has 0 aliphatic heterocycles. The summed E-state index contributed by atoms with van der Waals surface area (Å²) < 4.78 is 0. The summed E-state index contributed by atoms with van der Waals surface area (Å²) in [5, 5.41) is 9.70. The molecular formula is C10H16O. The van der Waals surface area contributed by atoms with Crippen molar-refractivity contribution in [2.45, 2.75) is 33.6 Å². The van der Waals surface area contributed by atoms with E-state index in [0.29, 0.717) is 23.0 Å². The summed E-state index contributed by atoms with van der Waals surface area (Å²) in [6.45, 7) is 6.59. The number of fused-ring (bicyclic) bond motifs is 1. The Labute approximate surface area is 68.1 Å². The molecular weight excluding hydrogens is 136 g/mol. The maximum atomic E-state index is 9.70. The normalized spacial score (nSPS) is 40.3. The first-order valence-electron chi connectivity index (χ1n) is 4.48. The molecule has 1 saturated carbocycles. The summed E-state index contributed by atoms with van der Waals surface area (Å²) in [7, 11) is 0. The zero-order chi connectivity index (χ0) is 8.22. The van der Waals surface area contributed by atoms with E-state index in [-0.39, 0.29) is 0 Å². The van der Waals surface area contributed by atoms with Crippen molar-refractivity contribution in [1.29, 1.82) is 0 Å². The molecule has 0 aromatic rings. The Morgan fingerprint density at radius 1 is 1.36 bits per heavy atom. The van der Waals surface area contributed by atoms with Gasteiger partial charge in [-0.3, -0.25) is 0 Å². The number of rotatable bonds is 0. The van der Waals surface area contributed by atoms with E-state index in [1.54, 1.807) is 0 Å². The molecule has 0 amide bonds. The Morgan fingerprint density at radius 2 is 2.00 bits per heavy atom. The largest absolute Gasteiger partial charge is 0.512 e. The molecule has 0 radical (unpaired) electrons. The molecule has 0 heterocycles. The average molecular weight is 152 g/mol. The Balaban J connectivity index is 2.35. The molecule has 1 N–H and O–H groups in total. The van der Waals surface area contributed by atoms with Crippen LogP contribution in [-0.4, -0.2) is 5.11 Å². The highest BCUT2D eigenvalue weighted by atomic mass is 16.3. The van der Waals surface area contributed by atoms with E-state index >= 15 is 0 Å². The fourth-order valence-corrected chi connectivity index (χ4v) is 2.47. The van der Waals surface area contributed by atoms with Crippen LogP contribution < -0.4 is 0 Å². The van der Waals surface area contributed by atoms with Crippen LogP contribution in [0, 0.1) is 17.3 Å². The van der Waals surface area contributed by atoms with Crippen LogP contribution in [0.25, 0.3) is 0 Å². The lowest BCUT2D eigenvalue weighted by Gasteiger charge is -2.13. The van der Waals surface area contributed by atoms with Crippen molar-refractivity contribution in [3.8, 4) is 0 Å². The number of aliphatic hydroxyl groups excluding tert-OH is 1. The molecule has 2 unspecified atom stereocenters. The first-order chi connectivity index (χ1) is 5.05. The lowest BCUT2D eigenvalue weighted by Crippen LogP contribution is -2.03. The monoisotopic (exact) mass is 152 g/mol. The molecule has 11 heavy (non-hydrogen) atoms. The third-order valence-electron chi connectivity index (χ3n) is 3.46. The van der Waals surface area contributed by atoms with Gasteiger partial charge in [-0.05, 0) is 29.7 Å². The smallest absolute Gasteiger partial charge is 0.0951 e. The summed E-state index contributed by atoms with van der Waals surface area (Å²) in [6.07, 6.45) is 2.46. The number of allylic oxidation sites excluding steroid dienone is 2. The van der Waals surface area contributed by atoms with Crippen molar-refractivity contribution in [2.24, 2.45) is 17.3 Å². The zero-order valence-corrected chi connectivity index (χ0v) is 7.52. The van der Waals surface area contributed by atoms with Crippen molar-refractivity contribution in [1.82, 2.24) is 0 Å². The van der Waals surface area contributed by atoms with Crippen LogP contribution in [0.3, 0.4) is 0 Å². The van der Waals surface area contributed by atoms with Crippen LogP contribution >= 0.6 is 0 Å². The van der Waals surface area contributed by atoms with Crippen molar-refractivity contribution in [3.05, 3.63) is 11.3 Å². The van der Waals surface area contributed by atoms with Gasteiger partial charge in [0.15, 0.2) is 0 Å². The van der Waals surface area contributed by atoms with Crippen LogP contribution in [0.5, 0.6) is 0 Å². The van der Waals surface area contributed by atoms with Crippen molar-refractivity contribution in [2.75, 3.05) is 0 Å². The van der Waals surface area contributed by atoms with Gasteiger partial charge in [-0.25, -0.2) is 0 Å². The molecule has 1 heteroatoms. The Hall–Kier alpha value is -0.460. The minimum Gasteiger partial charge on any atom is -0.512 e. The molecule has 1 fully saturated rings. The van der Waals surface area contributed by atoms with Crippen LogP contribution in [-0.2, 0) is 0 Å². The lowest BCUT2D eigenvalue weighted by atomic mass is 9.96. The van der Waals surface area contributed by atoms with Gasteiger partial charge in [0, 0.05) is 5.92 Å². The van der Waals surface area contributed by atoms with E-state index < -0.39 is 0 Å². The van der Waals surface area contributed by atoms with Gasteiger partial charge in [0.1, 0.15) is 0 Å². The third-order valence-corrected chi connectivity index (χ3v) is 3.46. The van der Waals surface area contributed by atoms with Crippen LogP contribution in [0.15, 0.2) is 11.3 Å². The lowest BCUT2D eigenvalue weighted by molar-refractivity contribution is 0.310. The van der Waals surface area contributed by atoms with Crippen molar-refractivity contribution in [3.63, 3.8) is 0 Å². The number of aliphatic hydroxyl groups is 1. The van der Waals surface area contributed by atoms with E-state index in [4.69, 9.17) is 0 Å². The van der Waals surface area contributed by atoms with Crippen LogP contribution in [0.4, 0.5) is 0 Å². The molecule has 0 spiro atoms. The highest BCUT2D eigenvalue weighted by Crippen LogP contribution is 2.64. The molecule has 2 atom stereocenters. The summed E-state index contributed by atoms with van der Waals surface area (Å²) in [5.74, 6) is 1.83. The highest BCUT2D eigenvalue weighted by molar-refractivity contribution is 5.40. The molecule has 2 aliphatic carbocycles. The zero-order valence-electron chi connectivity index (χ0n) is 7.52. The molecule has 0 aromatic carbocycles. The number of hydrogen-bond donors (Lipinski definition) is 1. The topological polar surface area (TPSA) is 20.2 Å². The van der Waals surface area contributed by atoms with Crippen molar-refractivity contribution >= 4 is 0 Å². The second kappa shape index (κ2) is 1.82. The van der Waals surface area contributed by atoms with E-state index in [0.717, 1.165) is 0 Å². The minimum atomic E-state index is 0.328. The highest BCUT2D eigenvalue weighted by Gasteiger charge is 2.56. The van der Waals surface area contributed by atoms with Gasteiger partial charge in [0.2, 0.25) is 0 Å². The fraction of sp³-hybridized carbons (Fsp3) is 0.800. The Kier molecular flexibility index (Phi) is 1.19. The quantitative estimate of drug-likeness (QED) is 0.566. The van der Waals surface area contributed by atoms with Crippen molar-refractivity contribution < 1.29 is 5.11 Å². The Bertz CT molecular complexity index is 225. The first kappa shape index (κ1) is 7.20. The summed E-state index contributed by atoms with van der Waals surface area (Å²) in [6, 6.07) is 0. The van der Waals surface area contributed by atoms with Gasteiger partial charge in [0.05, 0.1) is 5.76 Å². The predicted octanol–water partition coefficient (Wildman–Crippen LogP) is 2.88. The maximum Gasteiger partial charge on any atom is 0.0951 e. The molecule has 2 rings (SSSR count). The van der Waals surface area contributed by atoms with Gasteiger partial charge in [-0.2, -0.15) is 0 Å². The standard InChI is InChI=1S/C10H16O/c1-6-4-5-7-8(9(6)11)10(7,2)3/h6-7,11H,4-5H2,1-3H3. The van der Waals surface area contributed by atoms with E-state index in [2.05, 4.69) is 20.8 Å². The third kappa shape index (κ3) is 0.770. The fourth-order valence-electron chi connectivity index (χ4n) is 2.47. The first-order valence-corrected chi connectivity index (χ1v) is 4.48. The van der Waals surface area contributed by atoms with Gasteiger partial charge in [-0.15, -0.1) is 0 Å². The van der Waals surface area contributed by atoms with Gasteiger partial charge >= 0.3 is 0 Å².